The zero-order valence-electron chi connectivity index (χ0n) is 19.9. The molecule has 0 aliphatic carbocycles. The van der Waals surface area contributed by atoms with E-state index >= 15 is 0 Å². The number of carbonyl (C=O) groups is 3. The number of benzene rings is 1. The molecule has 0 radical (unpaired) electrons. The molecule has 2 saturated heterocycles. The number of para-hydroxylation sites is 1. The highest BCUT2D eigenvalue weighted by Crippen LogP contribution is 2.56. The highest BCUT2D eigenvalue weighted by molar-refractivity contribution is 6.03. The Balaban J connectivity index is 1.74. The predicted octanol–water partition coefficient (Wildman–Crippen LogP) is 3.02. The van der Waals surface area contributed by atoms with Crippen LogP contribution in [0, 0.1) is 17.7 Å². The minimum absolute atomic E-state index is 0.0431. The minimum Gasteiger partial charge on any atom is -0.359 e. The number of hydrogen-bond acceptors (Lipinski definition) is 4. The summed E-state index contributed by atoms with van der Waals surface area (Å²) in [7, 11) is 0. The van der Waals surface area contributed by atoms with E-state index in [4.69, 9.17) is 4.74 Å². The Labute approximate surface area is 193 Å². The lowest BCUT2D eigenvalue weighted by Crippen LogP contribution is -2.61. The van der Waals surface area contributed by atoms with Crippen molar-refractivity contribution in [2.45, 2.75) is 76.8 Å². The van der Waals surface area contributed by atoms with Gasteiger partial charge in [0, 0.05) is 11.1 Å². The molecule has 7 nitrogen and oxygen atoms in total. The molecule has 3 aliphatic heterocycles. The average Bonchev–Trinajstić information content (AvgIpc) is 3.36. The van der Waals surface area contributed by atoms with E-state index in [0.717, 1.165) is 0 Å². The van der Waals surface area contributed by atoms with Crippen molar-refractivity contribution in [2.75, 3.05) is 5.32 Å². The van der Waals surface area contributed by atoms with Crippen LogP contribution in [0.15, 0.2) is 36.4 Å². The van der Waals surface area contributed by atoms with Gasteiger partial charge < -0.3 is 20.3 Å². The van der Waals surface area contributed by atoms with Crippen LogP contribution in [0.4, 0.5) is 10.1 Å². The van der Waals surface area contributed by atoms with Crippen molar-refractivity contribution in [2.24, 2.45) is 11.8 Å². The smallest absolute Gasteiger partial charge is 0.246 e. The van der Waals surface area contributed by atoms with E-state index in [0.29, 0.717) is 6.42 Å². The highest BCUT2D eigenvalue weighted by Gasteiger charge is 2.74. The van der Waals surface area contributed by atoms with E-state index in [2.05, 4.69) is 10.6 Å². The van der Waals surface area contributed by atoms with Gasteiger partial charge in [0.25, 0.3) is 0 Å². The summed E-state index contributed by atoms with van der Waals surface area (Å²) in [5, 5.41) is 5.61. The van der Waals surface area contributed by atoms with E-state index in [1.165, 1.54) is 18.2 Å². The number of nitrogens with zero attached hydrogens (tertiary/aromatic N) is 1. The van der Waals surface area contributed by atoms with Crippen LogP contribution in [0.5, 0.6) is 0 Å². The Morgan fingerprint density at radius 3 is 2.42 bits per heavy atom. The Morgan fingerprint density at radius 2 is 1.82 bits per heavy atom. The summed E-state index contributed by atoms with van der Waals surface area (Å²) in [6.45, 7) is 11.4. The third-order valence-electron chi connectivity index (χ3n) is 6.97. The lowest BCUT2D eigenvalue weighted by atomic mass is 9.74. The van der Waals surface area contributed by atoms with Gasteiger partial charge in [0.2, 0.25) is 17.7 Å². The number of amides is 3. The molecule has 0 aromatic heterocycles. The summed E-state index contributed by atoms with van der Waals surface area (Å²) in [4.78, 5) is 42.3. The molecule has 178 valence electrons. The number of fused-ring (bicyclic) bond motifs is 1. The summed E-state index contributed by atoms with van der Waals surface area (Å²) < 4.78 is 20.5. The largest absolute Gasteiger partial charge is 0.359 e. The number of likely N-dealkylation sites (tertiary alicyclic amines) is 1. The van der Waals surface area contributed by atoms with Crippen molar-refractivity contribution < 1.29 is 23.5 Å². The highest BCUT2D eigenvalue weighted by atomic mass is 19.1. The molecule has 4 rings (SSSR count). The molecule has 2 N–H and O–H groups in total. The van der Waals surface area contributed by atoms with Gasteiger partial charge in [0.15, 0.2) is 0 Å². The molecule has 2 fully saturated rings. The first-order valence-electron chi connectivity index (χ1n) is 11.4. The van der Waals surface area contributed by atoms with Gasteiger partial charge in [-0.3, -0.25) is 14.4 Å². The number of rotatable bonds is 5. The lowest BCUT2D eigenvalue weighted by Gasteiger charge is -2.42. The van der Waals surface area contributed by atoms with Gasteiger partial charge in [0.1, 0.15) is 17.5 Å². The van der Waals surface area contributed by atoms with E-state index in [1.54, 1.807) is 23.1 Å². The molecule has 3 heterocycles. The summed E-state index contributed by atoms with van der Waals surface area (Å²) in [5.41, 5.74) is -2.36. The van der Waals surface area contributed by atoms with Crippen molar-refractivity contribution in [1.29, 1.82) is 0 Å². The number of halogens is 1. The minimum atomic E-state index is -1.25. The predicted molar refractivity (Wildman–Crippen MR) is 122 cm³/mol. The van der Waals surface area contributed by atoms with E-state index in [-0.39, 0.29) is 17.5 Å². The monoisotopic (exact) mass is 457 g/mol. The lowest BCUT2D eigenvalue weighted by molar-refractivity contribution is -0.147. The zero-order valence-corrected chi connectivity index (χ0v) is 19.9. The van der Waals surface area contributed by atoms with Gasteiger partial charge in [-0.25, -0.2) is 4.39 Å². The molecule has 3 amide bonds. The Bertz CT molecular complexity index is 1030. The molecule has 0 unspecified atom stereocenters. The molecule has 1 spiro atoms. The second kappa shape index (κ2) is 7.65. The van der Waals surface area contributed by atoms with Crippen LogP contribution in [-0.4, -0.2) is 51.4 Å². The maximum Gasteiger partial charge on any atom is 0.246 e. The van der Waals surface area contributed by atoms with Crippen molar-refractivity contribution in [3.63, 3.8) is 0 Å². The zero-order chi connectivity index (χ0) is 24.3. The first kappa shape index (κ1) is 23.4. The fourth-order valence-electron chi connectivity index (χ4n) is 5.21. The van der Waals surface area contributed by atoms with Crippen LogP contribution in [0.3, 0.4) is 0 Å². The molecule has 33 heavy (non-hydrogen) atoms. The van der Waals surface area contributed by atoms with Gasteiger partial charge in [-0.2, -0.15) is 0 Å². The molecule has 3 aliphatic rings. The van der Waals surface area contributed by atoms with Crippen LogP contribution in [0.2, 0.25) is 0 Å². The van der Waals surface area contributed by atoms with Crippen LogP contribution >= 0.6 is 0 Å². The normalized spacial score (nSPS) is 30.5. The number of carbonyl (C=O) groups excluding carboxylic acids is 3. The molecule has 8 heteroatoms. The molecule has 1 aromatic rings. The molecule has 5 atom stereocenters. The number of ether oxygens (including phenoxy) is 1. The average molecular weight is 458 g/mol. The van der Waals surface area contributed by atoms with Gasteiger partial charge in [-0.1, -0.05) is 31.2 Å². The van der Waals surface area contributed by atoms with Gasteiger partial charge >= 0.3 is 0 Å². The van der Waals surface area contributed by atoms with Crippen LogP contribution < -0.4 is 10.6 Å². The van der Waals surface area contributed by atoms with Gasteiger partial charge in [-0.05, 0) is 53.2 Å². The van der Waals surface area contributed by atoms with Crippen LogP contribution in [0.25, 0.3) is 0 Å². The molecular weight excluding hydrogens is 425 g/mol. The van der Waals surface area contributed by atoms with Crippen LogP contribution in [0.1, 0.15) is 48.0 Å². The van der Waals surface area contributed by atoms with Crippen molar-refractivity contribution >= 4 is 23.4 Å². The molecule has 1 aromatic carbocycles. The Kier molecular flexibility index (Phi) is 5.43. The fourth-order valence-corrected chi connectivity index (χ4v) is 5.21. The Morgan fingerprint density at radius 1 is 1.15 bits per heavy atom. The van der Waals surface area contributed by atoms with Gasteiger partial charge in [0.05, 0.1) is 23.6 Å². The number of anilines is 1. The summed E-state index contributed by atoms with van der Waals surface area (Å²) in [6.07, 6.45) is 3.46. The third kappa shape index (κ3) is 3.64. The van der Waals surface area contributed by atoms with Crippen LogP contribution in [-0.2, 0) is 19.1 Å². The molecular formula is C25H32FN3O4. The summed E-state index contributed by atoms with van der Waals surface area (Å²) in [6, 6.07) is 4.96. The van der Waals surface area contributed by atoms with Crippen molar-refractivity contribution in [3.05, 3.63) is 42.2 Å². The first-order valence-corrected chi connectivity index (χ1v) is 11.4. The molecule has 0 saturated carbocycles. The maximum absolute atomic E-state index is 14.2. The summed E-state index contributed by atoms with van der Waals surface area (Å²) >= 11 is 0. The number of nitrogens with one attached hydrogen (secondary N) is 2. The van der Waals surface area contributed by atoms with E-state index in [1.807, 2.05) is 41.5 Å². The second-order valence-corrected chi connectivity index (χ2v) is 10.8. The van der Waals surface area contributed by atoms with E-state index in [9.17, 15) is 18.8 Å². The maximum atomic E-state index is 14.2. The first-order chi connectivity index (χ1) is 15.3. The standard InChI is InChI=1S/C25H32FN3O4/c1-7-24(5,6)29-19(21(31)28-23(2,3)4)25-13-12-16(33-25)17(18(25)22(29)32)20(30)27-15-11-9-8-10-14(15)26/h8-13,16-19H,7H2,1-6H3,(H,27,30)(H,28,31)/t16-,17+,18-,19-,25-/m1/s1. The number of hydrogen-bond donors (Lipinski definition) is 2. The Hall–Kier alpha value is -2.74. The summed E-state index contributed by atoms with van der Waals surface area (Å²) in [5.74, 6) is -3.42. The fraction of sp³-hybridized carbons (Fsp3) is 0.560. The van der Waals surface area contributed by atoms with Gasteiger partial charge in [-0.15, -0.1) is 0 Å². The third-order valence-corrected chi connectivity index (χ3v) is 6.97. The quantitative estimate of drug-likeness (QED) is 0.666. The molecule has 2 bridgehead atoms. The van der Waals surface area contributed by atoms with Crippen molar-refractivity contribution in [3.8, 4) is 0 Å². The van der Waals surface area contributed by atoms with E-state index < -0.39 is 52.4 Å². The second-order valence-electron chi connectivity index (χ2n) is 10.8. The SMILES string of the molecule is CCC(C)(C)N1C(=O)[C@H]2[C@@H](C(=O)Nc3ccccc3F)[C@H]3C=C[C@]2(O3)[C@H]1C(=O)NC(C)(C)C. The van der Waals surface area contributed by atoms with Crippen molar-refractivity contribution in [1.82, 2.24) is 10.2 Å². The topological polar surface area (TPSA) is 87.7 Å².